The van der Waals surface area contributed by atoms with Crippen molar-refractivity contribution < 1.29 is 19.0 Å². The topological polar surface area (TPSA) is 120 Å². The van der Waals surface area contributed by atoms with Crippen LogP contribution in [0.3, 0.4) is 0 Å². The first-order valence-corrected chi connectivity index (χ1v) is 12.6. The lowest BCUT2D eigenvalue weighted by Gasteiger charge is -2.15. The van der Waals surface area contributed by atoms with E-state index in [0.717, 1.165) is 11.1 Å². The van der Waals surface area contributed by atoms with E-state index in [-0.39, 0.29) is 22.0 Å². The van der Waals surface area contributed by atoms with Crippen LogP contribution >= 0.6 is 0 Å². The Kier molecular flexibility index (Phi) is 8.42. The molecule has 0 bridgehead atoms. The molecular formula is C28H33N5O5. The number of hydrogen-bond acceptors (Lipinski definition) is 7. The van der Waals surface area contributed by atoms with Crippen LogP contribution in [0.4, 0.5) is 0 Å². The van der Waals surface area contributed by atoms with E-state index >= 15 is 0 Å². The molecule has 38 heavy (non-hydrogen) atoms. The molecule has 3 aromatic heterocycles. The van der Waals surface area contributed by atoms with Crippen molar-refractivity contribution in [1.29, 1.82) is 5.41 Å². The fraction of sp³-hybridized carbons (Fsp3) is 0.357. The number of aryl methyl sites for hydroxylation is 2. The number of hydrogen-bond donors (Lipinski definition) is 2. The Morgan fingerprint density at radius 2 is 1.89 bits per heavy atom. The van der Waals surface area contributed by atoms with E-state index in [4.69, 9.17) is 24.6 Å². The molecule has 4 rings (SSSR count). The maximum absolute atomic E-state index is 13.4. The fourth-order valence-electron chi connectivity index (χ4n) is 4.41. The lowest BCUT2D eigenvalue weighted by Crippen LogP contribution is -2.36. The Hall–Kier alpha value is -4.18. The first-order valence-electron chi connectivity index (χ1n) is 12.6. The normalized spacial score (nSPS) is 11.2. The molecule has 0 saturated carbocycles. The number of pyridine rings is 2. The molecule has 0 aliphatic heterocycles. The number of ether oxygens (including phenoxy) is 3. The average molecular weight is 520 g/mol. The van der Waals surface area contributed by atoms with Crippen molar-refractivity contribution >= 4 is 22.6 Å². The minimum absolute atomic E-state index is 0.00227. The molecule has 3 heterocycles. The van der Waals surface area contributed by atoms with E-state index < -0.39 is 5.91 Å². The van der Waals surface area contributed by atoms with Gasteiger partial charge in [-0.05, 0) is 62.1 Å². The standard InChI is InChI=1S/C28H33N5O5/c1-5-38-15-7-14-32-24(29)20(17-21-26(32)31-25-18(2)8-6-13-33(25)28(21)35)27(34)30-12-11-19-9-10-22(36-3)23(16-19)37-4/h6,8-10,13,16-17,29H,5,7,11-12,14-15H2,1-4H3,(H,30,34). The molecule has 1 amide bonds. The summed E-state index contributed by atoms with van der Waals surface area (Å²) in [6.07, 6.45) is 2.82. The van der Waals surface area contributed by atoms with Crippen LogP contribution in [0.5, 0.6) is 11.5 Å². The quantitative estimate of drug-likeness (QED) is 0.232. The number of benzene rings is 1. The number of rotatable bonds is 11. The maximum atomic E-state index is 13.4. The molecule has 1 aromatic carbocycles. The fourth-order valence-corrected chi connectivity index (χ4v) is 4.41. The van der Waals surface area contributed by atoms with Gasteiger partial charge in [0, 0.05) is 32.5 Å². The highest BCUT2D eigenvalue weighted by Crippen LogP contribution is 2.27. The maximum Gasteiger partial charge on any atom is 0.267 e. The monoisotopic (exact) mass is 519 g/mol. The van der Waals surface area contributed by atoms with Crippen LogP contribution in [-0.2, 0) is 17.7 Å². The minimum Gasteiger partial charge on any atom is -0.493 e. The predicted molar refractivity (Wildman–Crippen MR) is 144 cm³/mol. The summed E-state index contributed by atoms with van der Waals surface area (Å²) < 4.78 is 19.2. The zero-order valence-electron chi connectivity index (χ0n) is 22.2. The van der Waals surface area contributed by atoms with Gasteiger partial charge in [0.05, 0.1) is 25.2 Å². The van der Waals surface area contributed by atoms with E-state index in [2.05, 4.69) is 5.32 Å². The van der Waals surface area contributed by atoms with E-state index in [0.29, 0.717) is 61.9 Å². The third-order valence-corrected chi connectivity index (χ3v) is 6.40. The molecule has 0 spiro atoms. The van der Waals surface area contributed by atoms with Crippen LogP contribution in [-0.4, -0.2) is 53.8 Å². The van der Waals surface area contributed by atoms with Crippen molar-refractivity contribution in [1.82, 2.24) is 19.3 Å². The molecule has 0 saturated heterocycles. The Balaban J connectivity index is 1.68. The highest BCUT2D eigenvalue weighted by atomic mass is 16.5. The second-order valence-corrected chi connectivity index (χ2v) is 8.84. The Labute approximate surface area is 220 Å². The van der Waals surface area contributed by atoms with E-state index in [1.54, 1.807) is 31.0 Å². The van der Waals surface area contributed by atoms with Crippen LogP contribution in [0.2, 0.25) is 0 Å². The molecular weight excluding hydrogens is 486 g/mol. The third kappa shape index (κ3) is 5.40. The Morgan fingerprint density at radius 1 is 1.11 bits per heavy atom. The summed E-state index contributed by atoms with van der Waals surface area (Å²) in [5, 5.41) is 12.0. The first kappa shape index (κ1) is 26.9. The van der Waals surface area contributed by atoms with E-state index in [1.807, 2.05) is 38.1 Å². The summed E-state index contributed by atoms with van der Waals surface area (Å²) in [5.74, 6) is 0.819. The summed E-state index contributed by atoms with van der Waals surface area (Å²) in [5.41, 5.74) is 2.54. The number of aromatic nitrogens is 3. The van der Waals surface area contributed by atoms with Crippen molar-refractivity contribution in [2.75, 3.05) is 34.0 Å². The summed E-state index contributed by atoms with van der Waals surface area (Å²) in [7, 11) is 3.15. The molecule has 10 heteroatoms. The molecule has 200 valence electrons. The average Bonchev–Trinajstić information content (AvgIpc) is 2.92. The van der Waals surface area contributed by atoms with Crippen LogP contribution < -0.4 is 25.8 Å². The van der Waals surface area contributed by atoms with Crippen LogP contribution in [0.25, 0.3) is 16.7 Å². The van der Waals surface area contributed by atoms with Crippen molar-refractivity contribution in [2.24, 2.45) is 0 Å². The molecule has 4 aromatic rings. The van der Waals surface area contributed by atoms with Crippen LogP contribution in [0.1, 0.15) is 34.8 Å². The highest BCUT2D eigenvalue weighted by molar-refractivity contribution is 5.96. The largest absolute Gasteiger partial charge is 0.493 e. The van der Waals surface area contributed by atoms with Gasteiger partial charge in [0.25, 0.3) is 11.5 Å². The van der Waals surface area contributed by atoms with Crippen molar-refractivity contribution in [3.63, 3.8) is 0 Å². The van der Waals surface area contributed by atoms with Gasteiger partial charge in [-0.25, -0.2) is 4.98 Å². The summed E-state index contributed by atoms with van der Waals surface area (Å²) in [4.78, 5) is 31.4. The molecule has 0 unspecified atom stereocenters. The smallest absolute Gasteiger partial charge is 0.267 e. The molecule has 0 aliphatic carbocycles. The summed E-state index contributed by atoms with van der Waals surface area (Å²) in [6.45, 7) is 5.61. The van der Waals surface area contributed by atoms with Gasteiger partial charge in [0.2, 0.25) is 0 Å². The summed E-state index contributed by atoms with van der Waals surface area (Å²) >= 11 is 0. The number of carbonyl (C=O) groups excluding carboxylic acids is 1. The molecule has 0 aliphatic rings. The third-order valence-electron chi connectivity index (χ3n) is 6.40. The number of methoxy groups -OCH3 is 2. The van der Waals surface area contributed by atoms with Crippen LogP contribution in [0, 0.1) is 12.3 Å². The van der Waals surface area contributed by atoms with Gasteiger partial charge in [-0.3, -0.25) is 19.4 Å². The molecule has 2 N–H and O–H groups in total. The van der Waals surface area contributed by atoms with Crippen molar-refractivity contribution in [3.05, 3.63) is 75.1 Å². The van der Waals surface area contributed by atoms with Gasteiger partial charge in [0.15, 0.2) is 11.5 Å². The molecule has 0 radical (unpaired) electrons. The SMILES string of the molecule is CCOCCCn1c(=N)c(C(=O)NCCc2ccc(OC)c(OC)c2)cc2c(=O)n3cccc(C)c3nc21. The second kappa shape index (κ2) is 11.9. The van der Waals surface area contributed by atoms with E-state index in [1.165, 1.54) is 10.5 Å². The number of nitrogens with zero attached hydrogens (tertiary/aromatic N) is 3. The number of fused-ring (bicyclic) bond motifs is 2. The molecule has 0 atom stereocenters. The lowest BCUT2D eigenvalue weighted by molar-refractivity contribution is 0.0951. The predicted octanol–water partition coefficient (Wildman–Crippen LogP) is 2.85. The highest BCUT2D eigenvalue weighted by Gasteiger charge is 2.18. The molecule has 0 fully saturated rings. The van der Waals surface area contributed by atoms with Crippen molar-refractivity contribution in [2.45, 2.75) is 33.2 Å². The lowest BCUT2D eigenvalue weighted by atomic mass is 10.1. The zero-order valence-corrected chi connectivity index (χ0v) is 22.2. The first-order chi connectivity index (χ1) is 18.4. The number of amides is 1. The van der Waals surface area contributed by atoms with Gasteiger partial charge in [0.1, 0.15) is 16.8 Å². The summed E-state index contributed by atoms with van der Waals surface area (Å²) in [6, 6.07) is 10.7. The second-order valence-electron chi connectivity index (χ2n) is 8.84. The number of carbonyl (C=O) groups is 1. The minimum atomic E-state index is -0.426. The Morgan fingerprint density at radius 3 is 2.63 bits per heavy atom. The van der Waals surface area contributed by atoms with Crippen molar-refractivity contribution in [3.8, 4) is 11.5 Å². The van der Waals surface area contributed by atoms with Gasteiger partial charge >= 0.3 is 0 Å². The van der Waals surface area contributed by atoms with Gasteiger partial charge in [-0.1, -0.05) is 12.1 Å². The van der Waals surface area contributed by atoms with Crippen LogP contribution in [0.15, 0.2) is 47.4 Å². The molecule has 10 nitrogen and oxygen atoms in total. The van der Waals surface area contributed by atoms with E-state index in [9.17, 15) is 9.59 Å². The number of nitrogens with one attached hydrogen (secondary N) is 2. The zero-order chi connectivity index (χ0) is 27.2. The van der Waals surface area contributed by atoms with Gasteiger partial charge < -0.3 is 24.1 Å². The van der Waals surface area contributed by atoms with Gasteiger partial charge in [-0.15, -0.1) is 0 Å². The Bertz CT molecular complexity index is 1590. The van der Waals surface area contributed by atoms with Gasteiger partial charge in [-0.2, -0.15) is 0 Å².